The van der Waals surface area contributed by atoms with Gasteiger partial charge < -0.3 is 5.11 Å². The molecule has 1 aromatic carbocycles. The Morgan fingerprint density at radius 3 is 3.09 bits per heavy atom. The summed E-state index contributed by atoms with van der Waals surface area (Å²) in [5.74, 6) is 0.224. The number of aromatic hydroxyl groups is 1. The summed E-state index contributed by atoms with van der Waals surface area (Å²) in [6.45, 7) is 0. The highest BCUT2D eigenvalue weighted by atomic mass is 35.5. The molecule has 1 N–H and O–H groups in total. The molecule has 1 heterocycles. The number of nitrogens with zero attached hydrogens (tertiary/aromatic N) is 2. The number of halogens is 1. The summed E-state index contributed by atoms with van der Waals surface area (Å²) in [4.78, 5) is 0. The van der Waals surface area contributed by atoms with Crippen molar-refractivity contribution in [2.75, 3.05) is 0 Å². The maximum Gasteiger partial charge on any atom is 0.116 e. The van der Waals surface area contributed by atoms with E-state index < -0.39 is 0 Å². The third-order valence-corrected chi connectivity index (χ3v) is 1.78. The summed E-state index contributed by atoms with van der Waals surface area (Å²) in [6.07, 6.45) is 1.60. The quantitative estimate of drug-likeness (QED) is 0.651. The van der Waals surface area contributed by atoms with Gasteiger partial charge in [0, 0.05) is 17.2 Å². The number of fused-ring (bicyclic) bond motifs is 1. The average molecular weight is 169 g/mol. The van der Waals surface area contributed by atoms with Crippen LogP contribution in [0, 0.1) is 0 Å². The van der Waals surface area contributed by atoms with E-state index in [1.165, 1.54) is 4.20 Å². The van der Waals surface area contributed by atoms with Gasteiger partial charge in [0.1, 0.15) is 5.75 Å². The fraction of sp³-hybridized carbons (Fsp3) is 0. The van der Waals surface area contributed by atoms with Gasteiger partial charge in [0.25, 0.3) is 0 Å². The molecule has 0 atom stereocenters. The molecule has 56 valence electrons. The fourth-order valence-electron chi connectivity index (χ4n) is 0.988. The van der Waals surface area contributed by atoms with Crippen LogP contribution in [-0.4, -0.2) is 14.4 Å². The molecule has 0 radical (unpaired) electrons. The summed E-state index contributed by atoms with van der Waals surface area (Å²) in [7, 11) is 0. The Hall–Kier alpha value is -1.22. The van der Waals surface area contributed by atoms with Crippen molar-refractivity contribution in [2.45, 2.75) is 0 Å². The normalized spacial score (nSPS) is 10.6. The molecule has 0 fully saturated rings. The van der Waals surface area contributed by atoms with Crippen LogP contribution in [0.15, 0.2) is 24.4 Å². The first-order valence-corrected chi connectivity index (χ1v) is 3.44. The molecule has 0 spiro atoms. The Kier molecular flexibility index (Phi) is 1.26. The maximum absolute atomic E-state index is 9.06. The van der Waals surface area contributed by atoms with E-state index in [0.717, 1.165) is 10.9 Å². The van der Waals surface area contributed by atoms with Crippen molar-refractivity contribution in [3.63, 3.8) is 0 Å². The Labute approximate surface area is 67.9 Å². The van der Waals surface area contributed by atoms with Gasteiger partial charge in [0.2, 0.25) is 0 Å². The molecule has 4 heteroatoms. The third-order valence-electron chi connectivity index (χ3n) is 1.51. The first-order chi connectivity index (χ1) is 5.27. The molecule has 0 saturated carbocycles. The second-order valence-corrected chi connectivity index (χ2v) is 2.57. The molecule has 0 aliphatic heterocycles. The van der Waals surface area contributed by atoms with E-state index in [1.807, 2.05) is 0 Å². The van der Waals surface area contributed by atoms with Crippen LogP contribution in [0.5, 0.6) is 5.75 Å². The lowest BCUT2D eigenvalue weighted by Crippen LogP contribution is -1.78. The van der Waals surface area contributed by atoms with Gasteiger partial charge in [-0.2, -0.15) is 9.30 Å². The van der Waals surface area contributed by atoms with Crippen molar-refractivity contribution >= 4 is 22.7 Å². The number of aromatic nitrogens is 2. The molecule has 3 nitrogen and oxygen atoms in total. The van der Waals surface area contributed by atoms with Gasteiger partial charge in [-0.3, -0.25) is 0 Å². The van der Waals surface area contributed by atoms with Crippen LogP contribution in [0.2, 0.25) is 0 Å². The Morgan fingerprint density at radius 2 is 2.27 bits per heavy atom. The molecule has 0 bridgehead atoms. The van der Waals surface area contributed by atoms with E-state index in [0.29, 0.717) is 0 Å². The zero-order valence-corrected chi connectivity index (χ0v) is 6.28. The first kappa shape index (κ1) is 6.49. The molecule has 0 aliphatic rings. The number of hydrogen-bond acceptors (Lipinski definition) is 2. The van der Waals surface area contributed by atoms with E-state index in [2.05, 4.69) is 5.10 Å². The third kappa shape index (κ3) is 0.935. The summed E-state index contributed by atoms with van der Waals surface area (Å²) >= 11 is 5.65. The zero-order valence-electron chi connectivity index (χ0n) is 5.53. The molecule has 0 aliphatic carbocycles. The molecule has 2 rings (SSSR count). The number of phenols is 1. The van der Waals surface area contributed by atoms with E-state index in [1.54, 1.807) is 24.4 Å². The van der Waals surface area contributed by atoms with Crippen molar-refractivity contribution in [3.8, 4) is 5.75 Å². The summed E-state index contributed by atoms with van der Waals surface area (Å²) in [5, 5.41) is 13.7. The van der Waals surface area contributed by atoms with Crippen LogP contribution in [0.4, 0.5) is 0 Å². The van der Waals surface area contributed by atoms with Gasteiger partial charge in [-0.25, -0.2) is 0 Å². The molecular weight excluding hydrogens is 164 g/mol. The molecule has 0 amide bonds. The smallest absolute Gasteiger partial charge is 0.116 e. The molecule has 1 aromatic heterocycles. The molecule has 0 unspecified atom stereocenters. The molecule has 0 saturated heterocycles. The van der Waals surface area contributed by atoms with Gasteiger partial charge in [-0.15, -0.1) is 0 Å². The lowest BCUT2D eigenvalue weighted by Gasteiger charge is -1.91. The van der Waals surface area contributed by atoms with Gasteiger partial charge in [0.15, 0.2) is 0 Å². The van der Waals surface area contributed by atoms with Crippen LogP contribution in [0.3, 0.4) is 0 Å². The van der Waals surface area contributed by atoms with Crippen molar-refractivity contribution in [3.05, 3.63) is 24.4 Å². The van der Waals surface area contributed by atoms with Crippen molar-refractivity contribution < 1.29 is 5.11 Å². The molecule has 2 aromatic rings. The standard InChI is InChI=1S/C7H5ClN2O/c8-10-7-2-1-6(11)3-5(7)4-9-10/h1-4,11H. The molecule has 11 heavy (non-hydrogen) atoms. The second-order valence-electron chi connectivity index (χ2n) is 2.25. The highest BCUT2D eigenvalue weighted by Crippen LogP contribution is 2.19. The Morgan fingerprint density at radius 1 is 1.45 bits per heavy atom. The summed E-state index contributed by atoms with van der Waals surface area (Å²) < 4.78 is 1.24. The summed E-state index contributed by atoms with van der Waals surface area (Å²) in [5.41, 5.74) is 0.796. The average Bonchev–Trinajstić information content (AvgIpc) is 2.32. The van der Waals surface area contributed by atoms with Crippen LogP contribution in [-0.2, 0) is 0 Å². The number of hydrogen-bond donors (Lipinski definition) is 1. The number of rotatable bonds is 0. The minimum Gasteiger partial charge on any atom is -0.508 e. The van der Waals surface area contributed by atoms with Crippen LogP contribution in [0.1, 0.15) is 0 Å². The van der Waals surface area contributed by atoms with E-state index in [9.17, 15) is 0 Å². The van der Waals surface area contributed by atoms with E-state index in [-0.39, 0.29) is 5.75 Å². The zero-order chi connectivity index (χ0) is 7.84. The second kappa shape index (κ2) is 2.13. The first-order valence-electron chi connectivity index (χ1n) is 3.10. The topological polar surface area (TPSA) is 38.1 Å². The van der Waals surface area contributed by atoms with Crippen molar-refractivity contribution in [1.29, 1.82) is 0 Å². The minimum absolute atomic E-state index is 0.224. The van der Waals surface area contributed by atoms with Gasteiger partial charge in [-0.05, 0) is 18.2 Å². The SMILES string of the molecule is Oc1ccc2c(cnn2Cl)c1. The lowest BCUT2D eigenvalue weighted by molar-refractivity contribution is 0.476. The minimum atomic E-state index is 0.224. The Balaban J connectivity index is 2.86. The number of phenolic OH excluding ortho intramolecular Hbond substituents is 1. The van der Waals surface area contributed by atoms with Crippen molar-refractivity contribution in [1.82, 2.24) is 9.30 Å². The highest BCUT2D eigenvalue weighted by molar-refractivity contribution is 6.18. The molecular formula is C7H5ClN2O. The summed E-state index contributed by atoms with van der Waals surface area (Å²) in [6, 6.07) is 4.90. The fourth-order valence-corrected chi connectivity index (χ4v) is 1.19. The van der Waals surface area contributed by atoms with Crippen LogP contribution >= 0.6 is 11.8 Å². The largest absolute Gasteiger partial charge is 0.508 e. The predicted octanol–water partition coefficient (Wildman–Crippen LogP) is 1.74. The van der Waals surface area contributed by atoms with Crippen molar-refractivity contribution in [2.24, 2.45) is 0 Å². The monoisotopic (exact) mass is 168 g/mol. The van der Waals surface area contributed by atoms with Gasteiger partial charge >= 0.3 is 0 Å². The highest BCUT2D eigenvalue weighted by Gasteiger charge is 1.99. The van der Waals surface area contributed by atoms with Gasteiger partial charge in [-0.1, -0.05) is 0 Å². The van der Waals surface area contributed by atoms with Crippen LogP contribution in [0.25, 0.3) is 10.9 Å². The predicted molar refractivity (Wildman–Crippen MR) is 42.6 cm³/mol. The Bertz CT molecular complexity index is 396. The van der Waals surface area contributed by atoms with Crippen LogP contribution < -0.4 is 0 Å². The van der Waals surface area contributed by atoms with E-state index >= 15 is 0 Å². The lowest BCUT2D eigenvalue weighted by atomic mass is 10.2. The van der Waals surface area contributed by atoms with E-state index in [4.69, 9.17) is 16.9 Å². The maximum atomic E-state index is 9.06. The van der Waals surface area contributed by atoms with Gasteiger partial charge in [0.05, 0.1) is 11.7 Å². The number of benzene rings is 1.